The first kappa shape index (κ1) is 19.0. The molecule has 0 atom stereocenters. The highest BCUT2D eigenvalue weighted by molar-refractivity contribution is 5.24. The molecule has 21 heavy (non-hydrogen) atoms. The van der Waals surface area contributed by atoms with E-state index in [0.717, 1.165) is 0 Å². The van der Waals surface area contributed by atoms with Gasteiger partial charge in [-0.2, -0.15) is 0 Å². The molecule has 1 rings (SSSR count). The molecule has 0 saturated heterocycles. The van der Waals surface area contributed by atoms with Crippen molar-refractivity contribution in [3.8, 4) is 0 Å². The topological polar surface area (TPSA) is 20.2 Å². The van der Waals surface area contributed by atoms with Gasteiger partial charge in [-0.15, -0.1) is 0 Å². The van der Waals surface area contributed by atoms with Gasteiger partial charge in [0.25, 0.3) is 0 Å². The third-order valence-corrected chi connectivity index (χ3v) is 9.97. The number of hydrogen-bond acceptors (Lipinski definition) is 1. The predicted octanol–water partition coefficient (Wildman–Crippen LogP) is 5.91. The van der Waals surface area contributed by atoms with Crippen LogP contribution < -0.4 is 0 Å². The van der Waals surface area contributed by atoms with E-state index in [1.807, 2.05) is 13.8 Å². The van der Waals surface area contributed by atoms with Gasteiger partial charge in [-0.3, -0.25) is 0 Å². The van der Waals surface area contributed by atoms with Gasteiger partial charge in [0.2, 0.25) is 0 Å². The largest absolute Gasteiger partial charge is 0.390 e. The average molecular weight is 297 g/mol. The van der Waals surface area contributed by atoms with Crippen molar-refractivity contribution in [1.29, 1.82) is 0 Å². The van der Waals surface area contributed by atoms with Crippen molar-refractivity contribution in [3.63, 3.8) is 0 Å². The van der Waals surface area contributed by atoms with E-state index >= 15 is 0 Å². The Bertz CT molecular complexity index is 397. The summed E-state index contributed by atoms with van der Waals surface area (Å²) < 4.78 is 0. The van der Waals surface area contributed by atoms with Gasteiger partial charge in [-0.1, -0.05) is 76.2 Å². The van der Waals surface area contributed by atoms with Gasteiger partial charge in [0, 0.05) is 5.41 Å². The highest BCUT2D eigenvalue weighted by Gasteiger charge is 2.76. The summed E-state index contributed by atoms with van der Waals surface area (Å²) in [5.41, 5.74) is -0.651. The van der Waals surface area contributed by atoms with Crippen LogP contribution in [0.5, 0.6) is 0 Å². The monoisotopic (exact) mass is 296 g/mol. The van der Waals surface area contributed by atoms with E-state index in [-0.39, 0.29) is 32.5 Å². The van der Waals surface area contributed by atoms with Crippen molar-refractivity contribution in [1.82, 2.24) is 0 Å². The molecule has 1 aliphatic rings. The first-order valence-corrected chi connectivity index (χ1v) is 8.47. The maximum Gasteiger partial charge on any atom is 0.0655 e. The van der Waals surface area contributed by atoms with E-state index in [1.165, 1.54) is 0 Å². The van der Waals surface area contributed by atoms with E-state index in [2.05, 4.69) is 76.2 Å². The lowest BCUT2D eigenvalue weighted by atomic mass is 9.26. The van der Waals surface area contributed by atoms with Gasteiger partial charge in [-0.25, -0.2) is 0 Å². The molecule has 0 aromatic carbocycles. The van der Waals surface area contributed by atoms with E-state index in [0.29, 0.717) is 0 Å². The standard InChI is InChI=1S/C20H40O/c1-14(2)15(3,4)17(7,8)20(13,19(11,12)21)18(9,10)16(14,5)6/h21H,1-13H3. The Hall–Kier alpha value is -0.0400. The molecule has 1 fully saturated rings. The average Bonchev–Trinajstić information content (AvgIpc) is 2.23. The van der Waals surface area contributed by atoms with Gasteiger partial charge in [0.15, 0.2) is 0 Å². The summed E-state index contributed by atoms with van der Waals surface area (Å²) in [4.78, 5) is 0. The lowest BCUT2D eigenvalue weighted by Gasteiger charge is -2.79. The molecule has 1 aliphatic carbocycles. The van der Waals surface area contributed by atoms with Gasteiger partial charge in [-0.05, 0) is 40.9 Å². The number of hydrogen-bond donors (Lipinski definition) is 1. The van der Waals surface area contributed by atoms with E-state index in [9.17, 15) is 5.11 Å². The van der Waals surface area contributed by atoms with Crippen molar-refractivity contribution in [2.75, 3.05) is 0 Å². The third kappa shape index (κ3) is 1.62. The zero-order valence-corrected chi connectivity index (χ0v) is 16.9. The summed E-state index contributed by atoms with van der Waals surface area (Å²) >= 11 is 0. The Morgan fingerprint density at radius 3 is 0.857 bits per heavy atom. The van der Waals surface area contributed by atoms with Crippen molar-refractivity contribution in [2.45, 2.75) is 95.6 Å². The minimum absolute atomic E-state index is 0.0131. The van der Waals surface area contributed by atoms with E-state index < -0.39 is 5.60 Å². The molecule has 0 unspecified atom stereocenters. The Labute approximate surface area is 133 Å². The van der Waals surface area contributed by atoms with Gasteiger partial charge >= 0.3 is 0 Å². The van der Waals surface area contributed by atoms with Crippen LogP contribution in [0.25, 0.3) is 0 Å². The van der Waals surface area contributed by atoms with Crippen LogP contribution in [0.1, 0.15) is 90.0 Å². The SMILES string of the molecule is CC(C)(O)C1(C)C(C)(C)C(C)(C)C(C)(C)C(C)(C)C1(C)C. The summed E-state index contributed by atoms with van der Waals surface area (Å²) in [5, 5.41) is 11.2. The molecule has 0 bridgehead atoms. The quantitative estimate of drug-likeness (QED) is 0.638. The van der Waals surface area contributed by atoms with Gasteiger partial charge < -0.3 is 5.11 Å². The Kier molecular flexibility index (Phi) is 3.69. The van der Waals surface area contributed by atoms with Crippen molar-refractivity contribution >= 4 is 0 Å². The molecule has 0 aliphatic heterocycles. The van der Waals surface area contributed by atoms with Crippen LogP contribution in [0.15, 0.2) is 0 Å². The smallest absolute Gasteiger partial charge is 0.0655 e. The van der Waals surface area contributed by atoms with E-state index in [1.54, 1.807) is 0 Å². The van der Waals surface area contributed by atoms with Crippen molar-refractivity contribution in [2.24, 2.45) is 32.5 Å². The van der Waals surface area contributed by atoms with Crippen LogP contribution in [0.4, 0.5) is 0 Å². The molecule has 1 N–H and O–H groups in total. The van der Waals surface area contributed by atoms with Crippen LogP contribution in [0, 0.1) is 32.5 Å². The molecule has 0 heterocycles. The maximum absolute atomic E-state index is 11.2. The molecular weight excluding hydrogens is 256 g/mol. The van der Waals surface area contributed by atoms with Crippen molar-refractivity contribution in [3.05, 3.63) is 0 Å². The molecule has 1 heteroatoms. The summed E-state index contributed by atoms with van der Waals surface area (Å²) in [7, 11) is 0. The fraction of sp³-hybridized carbons (Fsp3) is 1.00. The molecular formula is C20H40O. The zero-order valence-electron chi connectivity index (χ0n) is 16.9. The molecule has 1 nitrogen and oxygen atoms in total. The molecule has 0 aromatic rings. The number of rotatable bonds is 1. The first-order valence-electron chi connectivity index (χ1n) is 8.47. The second kappa shape index (κ2) is 4.08. The Morgan fingerprint density at radius 2 is 0.667 bits per heavy atom. The summed E-state index contributed by atoms with van der Waals surface area (Å²) in [5.74, 6) is 0. The lowest BCUT2D eigenvalue weighted by molar-refractivity contribution is -0.332. The summed E-state index contributed by atoms with van der Waals surface area (Å²) in [6.07, 6.45) is 0. The van der Waals surface area contributed by atoms with Gasteiger partial charge in [0.1, 0.15) is 0 Å². The molecule has 0 spiro atoms. The maximum atomic E-state index is 11.2. The molecule has 0 aromatic heterocycles. The highest BCUT2D eigenvalue weighted by atomic mass is 16.3. The van der Waals surface area contributed by atoms with Gasteiger partial charge in [0.05, 0.1) is 5.60 Å². The second-order valence-corrected chi connectivity index (χ2v) is 10.8. The Balaban J connectivity index is 3.93. The van der Waals surface area contributed by atoms with Crippen LogP contribution in [-0.2, 0) is 0 Å². The fourth-order valence-electron chi connectivity index (χ4n) is 5.90. The van der Waals surface area contributed by atoms with Crippen LogP contribution >= 0.6 is 0 Å². The number of aliphatic hydroxyl groups is 1. The fourth-order valence-corrected chi connectivity index (χ4v) is 5.90. The molecule has 0 radical (unpaired) electrons. The van der Waals surface area contributed by atoms with Crippen LogP contribution in [0.2, 0.25) is 0 Å². The second-order valence-electron chi connectivity index (χ2n) is 10.8. The summed E-state index contributed by atoms with van der Waals surface area (Å²) in [6, 6.07) is 0. The predicted molar refractivity (Wildman–Crippen MR) is 93.3 cm³/mol. The zero-order chi connectivity index (χ0) is 17.5. The minimum Gasteiger partial charge on any atom is -0.390 e. The summed E-state index contributed by atoms with van der Waals surface area (Å²) in [6.45, 7) is 30.2. The molecule has 126 valence electrons. The normalized spacial score (nSPS) is 31.7. The van der Waals surface area contributed by atoms with Crippen LogP contribution in [-0.4, -0.2) is 10.7 Å². The Morgan fingerprint density at radius 1 is 0.476 bits per heavy atom. The lowest BCUT2D eigenvalue weighted by Crippen LogP contribution is -2.76. The third-order valence-electron chi connectivity index (χ3n) is 9.97. The molecule has 1 saturated carbocycles. The highest BCUT2D eigenvalue weighted by Crippen LogP contribution is 2.80. The first-order chi connectivity index (χ1) is 8.75. The minimum atomic E-state index is -0.745. The van der Waals surface area contributed by atoms with E-state index in [4.69, 9.17) is 0 Å². The van der Waals surface area contributed by atoms with Crippen molar-refractivity contribution < 1.29 is 5.11 Å². The van der Waals surface area contributed by atoms with Crippen LogP contribution in [0.3, 0.4) is 0 Å². The molecule has 0 amide bonds.